The summed E-state index contributed by atoms with van der Waals surface area (Å²) in [6.45, 7) is 1.97. The van der Waals surface area contributed by atoms with Crippen molar-refractivity contribution in [2.75, 3.05) is 0 Å². The summed E-state index contributed by atoms with van der Waals surface area (Å²) in [5.74, 6) is 7.89. The molecule has 0 atom stereocenters. The van der Waals surface area contributed by atoms with Crippen molar-refractivity contribution in [1.29, 1.82) is 0 Å². The van der Waals surface area contributed by atoms with Gasteiger partial charge in [-0.15, -0.1) is 18.2 Å². The van der Waals surface area contributed by atoms with Gasteiger partial charge in [-0.2, -0.15) is 0 Å². The second-order valence-electron chi connectivity index (χ2n) is 17.5. The second-order valence-corrected chi connectivity index (χ2v) is 28.1. The van der Waals surface area contributed by atoms with E-state index in [4.69, 9.17) is 18.2 Å². The molecule has 0 aliphatic heterocycles. The van der Waals surface area contributed by atoms with E-state index in [1.165, 1.54) is 4.40 Å². The van der Waals surface area contributed by atoms with Crippen LogP contribution in [-0.2, 0) is 20.1 Å². The predicted molar refractivity (Wildman–Crippen MR) is 267 cm³/mol. The molecule has 0 fully saturated rings. The van der Waals surface area contributed by atoms with Crippen molar-refractivity contribution in [2.45, 2.75) is 24.2 Å². The first kappa shape index (κ1) is 41.6. The van der Waals surface area contributed by atoms with E-state index in [0.717, 1.165) is 116 Å². The van der Waals surface area contributed by atoms with Gasteiger partial charge in [0.25, 0.3) is 0 Å². The van der Waals surface area contributed by atoms with Crippen LogP contribution in [0.15, 0.2) is 183 Å². The summed E-state index contributed by atoms with van der Waals surface area (Å²) in [6.07, 6.45) is 2.02. The zero-order valence-electron chi connectivity index (χ0n) is 36.5. The van der Waals surface area contributed by atoms with Gasteiger partial charge in [-0.05, 0) is 47.5 Å². The zero-order valence-corrected chi connectivity index (χ0v) is 41.0. The van der Waals surface area contributed by atoms with E-state index in [1.54, 1.807) is 0 Å². The maximum absolute atomic E-state index is 6.63. The summed E-state index contributed by atoms with van der Waals surface area (Å²) >= 11 is -1.85. The molecule has 0 aliphatic rings. The van der Waals surface area contributed by atoms with Crippen LogP contribution < -0.4 is 4.40 Å². The molecule has 0 bridgehead atoms. The molecule has 6 heterocycles. The summed E-state index contributed by atoms with van der Waals surface area (Å²) in [7, 11) is 0. The van der Waals surface area contributed by atoms with E-state index in [0.29, 0.717) is 5.71 Å². The van der Waals surface area contributed by atoms with E-state index < -0.39 is 13.3 Å². The van der Waals surface area contributed by atoms with Crippen molar-refractivity contribution < 1.29 is 33.4 Å². The topological polar surface area (TPSA) is 83.0 Å². The first-order valence-corrected chi connectivity index (χ1v) is 29.1. The third kappa shape index (κ3) is 7.04. The van der Waals surface area contributed by atoms with Crippen molar-refractivity contribution in [1.82, 2.24) is 19.5 Å². The first-order valence-electron chi connectivity index (χ1n) is 21.8. The molecule has 0 saturated carbocycles. The molecule has 66 heavy (non-hydrogen) atoms. The van der Waals surface area contributed by atoms with Crippen LogP contribution in [0.2, 0.25) is 17.3 Å². The van der Waals surface area contributed by atoms with E-state index in [9.17, 15) is 0 Å². The number of benzene rings is 7. The molecule has 0 unspecified atom stereocenters. The second kappa shape index (κ2) is 16.4. The van der Waals surface area contributed by atoms with Crippen molar-refractivity contribution in [3.63, 3.8) is 0 Å². The van der Waals surface area contributed by atoms with Gasteiger partial charge in [0.2, 0.25) is 0 Å². The smallest absolute Gasteiger partial charge is 0.137 e. The maximum Gasteiger partial charge on any atom is 0.137 e. The molecule has 0 amide bonds. The van der Waals surface area contributed by atoms with Crippen LogP contribution in [0.5, 0.6) is 0 Å². The van der Waals surface area contributed by atoms with Gasteiger partial charge in [0, 0.05) is 30.9 Å². The van der Waals surface area contributed by atoms with Crippen molar-refractivity contribution in [2.24, 2.45) is 0 Å². The SMILES string of the molecule is Cc1ccc2c(n1)oc1c(-c3cc[c]([Ge]([CH3])([CH3])[CH3])cn3)[c-]ccc12.[Ir].[c-]1ccc2c(oc3cc(-c4ccccc4)ccc32)c1-c1nc2ccccc2n1-c1cccc2oc3ccccc3c12. The fourth-order valence-electron chi connectivity index (χ4n) is 8.99. The molecule has 321 valence electrons. The minimum Gasteiger partial charge on any atom is -0.501 e. The van der Waals surface area contributed by atoms with Gasteiger partial charge < -0.3 is 13.4 Å². The van der Waals surface area contributed by atoms with Gasteiger partial charge in [-0.25, -0.2) is 0 Å². The third-order valence-corrected chi connectivity index (χ3v) is 16.5. The van der Waals surface area contributed by atoms with E-state index in [1.807, 2.05) is 85.9 Å². The number of fused-ring (bicyclic) bond motifs is 10. The molecule has 7 nitrogen and oxygen atoms in total. The number of aryl methyl sites for hydroxylation is 1. The summed E-state index contributed by atoms with van der Waals surface area (Å²) in [5.41, 5.74) is 13.6. The fraction of sp³-hybridized carbons (Fsp3) is 0.0702. The van der Waals surface area contributed by atoms with Gasteiger partial charge in [0.1, 0.15) is 16.7 Å². The standard InChI is InChI=1S/C37H21N2O2.C20H19GeN2O.Ir/c1-2-10-23(11-3-1)24-20-21-25-26-13-8-14-28(36(26)41-34(25)22-24)37-38-29-15-5-6-16-30(29)39(37)31-17-9-19-33-35(31)27-12-4-7-18-32(27)40-33;1-13-8-10-16-15-6-5-7-17(19(15)24-20(16)23-13)18-11-9-14(12-22-18)21(2,3)4;/h1-13,15-22H;5-6,8-12H,1-4H3;/q2*-1;. The normalized spacial score (nSPS) is 11.8. The number of furan rings is 3. The molecule has 6 aromatic heterocycles. The van der Waals surface area contributed by atoms with Crippen LogP contribution in [0.1, 0.15) is 5.69 Å². The van der Waals surface area contributed by atoms with Crippen molar-refractivity contribution >= 4 is 94.6 Å². The predicted octanol–water partition coefficient (Wildman–Crippen LogP) is 14.7. The van der Waals surface area contributed by atoms with Crippen LogP contribution in [0, 0.1) is 19.1 Å². The minimum absolute atomic E-state index is 0. The Morgan fingerprint density at radius 2 is 1.27 bits per heavy atom. The average Bonchev–Trinajstić information content (AvgIpc) is 4.11. The molecule has 7 aromatic carbocycles. The Hall–Kier alpha value is -7.10. The average molecular weight is 1090 g/mol. The zero-order chi connectivity index (χ0) is 43.8. The summed E-state index contributed by atoms with van der Waals surface area (Å²) in [6, 6.07) is 62.5. The first-order chi connectivity index (χ1) is 31.8. The van der Waals surface area contributed by atoms with Crippen LogP contribution >= 0.6 is 0 Å². The van der Waals surface area contributed by atoms with Gasteiger partial charge in [-0.3, -0.25) is 4.98 Å². The van der Waals surface area contributed by atoms with E-state index in [2.05, 4.69) is 135 Å². The summed E-state index contributed by atoms with van der Waals surface area (Å²) in [5, 5.41) is 6.33. The molecular formula is C57H40GeIrN4O3-2. The molecule has 0 aliphatic carbocycles. The number of hydrogen-bond donors (Lipinski definition) is 0. The van der Waals surface area contributed by atoms with Gasteiger partial charge in [0.15, 0.2) is 0 Å². The Bertz CT molecular complexity index is 3950. The van der Waals surface area contributed by atoms with Gasteiger partial charge in [0.05, 0.1) is 33.5 Å². The number of para-hydroxylation sites is 3. The van der Waals surface area contributed by atoms with E-state index >= 15 is 0 Å². The quantitative estimate of drug-likeness (QED) is 0.126. The summed E-state index contributed by atoms with van der Waals surface area (Å²) < 4.78 is 22.5. The molecule has 0 saturated heterocycles. The number of hydrogen-bond acceptors (Lipinski definition) is 6. The van der Waals surface area contributed by atoms with Crippen LogP contribution in [0.3, 0.4) is 0 Å². The van der Waals surface area contributed by atoms with Crippen LogP contribution in [0.25, 0.3) is 116 Å². The van der Waals surface area contributed by atoms with Gasteiger partial charge in [-0.1, -0.05) is 89.8 Å². The molecule has 13 aromatic rings. The van der Waals surface area contributed by atoms with Gasteiger partial charge >= 0.3 is 144 Å². The number of imidazole rings is 1. The largest absolute Gasteiger partial charge is 0.501 e. The molecule has 0 spiro atoms. The summed E-state index contributed by atoms with van der Waals surface area (Å²) in [4.78, 5) is 14.3. The Morgan fingerprint density at radius 3 is 2.09 bits per heavy atom. The Labute approximate surface area is 396 Å². The number of rotatable bonds is 5. The molecule has 9 heteroatoms. The maximum atomic E-state index is 6.63. The fourth-order valence-corrected chi connectivity index (χ4v) is 11.2. The molecule has 13 rings (SSSR count). The van der Waals surface area contributed by atoms with Crippen molar-refractivity contribution in [3.8, 4) is 39.5 Å². The number of aromatic nitrogens is 4. The number of nitrogens with zero attached hydrogens (tertiary/aromatic N) is 4. The van der Waals surface area contributed by atoms with Crippen LogP contribution in [-0.4, -0.2) is 32.8 Å². The van der Waals surface area contributed by atoms with Crippen molar-refractivity contribution in [3.05, 3.63) is 188 Å². The third-order valence-electron chi connectivity index (χ3n) is 12.3. The Kier molecular flexibility index (Phi) is 10.3. The Balaban J connectivity index is 0.000000165. The number of pyridine rings is 2. The minimum atomic E-state index is -1.85. The van der Waals surface area contributed by atoms with E-state index in [-0.39, 0.29) is 20.1 Å². The Morgan fingerprint density at radius 1 is 0.545 bits per heavy atom. The molecule has 1 radical (unpaired) electrons. The molecule has 0 N–H and O–H groups in total. The molecular weight excluding hydrogens is 1050 g/mol. The van der Waals surface area contributed by atoms with Crippen LogP contribution in [0.4, 0.5) is 0 Å². The monoisotopic (exact) mass is 1100 g/mol.